The summed E-state index contributed by atoms with van der Waals surface area (Å²) in [6.07, 6.45) is 1.71. The fourth-order valence-corrected chi connectivity index (χ4v) is 3.82. The standard InChI is InChI=1S/C24H31N3O2/c1-17(2)21-11-7-8-18(3)23(21)26-22(28)16-27-14-12-20(13-15-27)25-24(29)19-9-5-4-6-10-19/h4-11,17,20H,12-16H2,1-3H3,(H,25,29)(H,26,28). The van der Waals surface area contributed by atoms with Gasteiger partial charge in [0.05, 0.1) is 6.54 Å². The smallest absolute Gasteiger partial charge is 0.251 e. The van der Waals surface area contributed by atoms with Gasteiger partial charge in [-0.1, -0.05) is 50.2 Å². The Morgan fingerprint density at radius 3 is 2.38 bits per heavy atom. The fraction of sp³-hybridized carbons (Fsp3) is 0.417. The summed E-state index contributed by atoms with van der Waals surface area (Å²) in [5.41, 5.74) is 3.89. The predicted octanol–water partition coefficient (Wildman–Crippen LogP) is 3.95. The molecule has 1 aliphatic heterocycles. The molecule has 1 saturated heterocycles. The van der Waals surface area contributed by atoms with E-state index in [9.17, 15) is 9.59 Å². The molecular formula is C24H31N3O2. The molecule has 2 N–H and O–H groups in total. The van der Waals surface area contributed by atoms with Gasteiger partial charge in [0.25, 0.3) is 5.91 Å². The van der Waals surface area contributed by atoms with E-state index < -0.39 is 0 Å². The molecule has 2 amide bonds. The summed E-state index contributed by atoms with van der Waals surface area (Å²) >= 11 is 0. The van der Waals surface area contributed by atoms with Crippen molar-refractivity contribution >= 4 is 17.5 Å². The molecule has 1 fully saturated rings. The van der Waals surface area contributed by atoms with Gasteiger partial charge in [-0.05, 0) is 48.9 Å². The third-order valence-electron chi connectivity index (χ3n) is 5.52. The quantitative estimate of drug-likeness (QED) is 0.781. The number of anilines is 1. The van der Waals surface area contributed by atoms with Crippen LogP contribution in [0.4, 0.5) is 5.69 Å². The van der Waals surface area contributed by atoms with Gasteiger partial charge in [0.2, 0.25) is 5.91 Å². The zero-order valence-corrected chi connectivity index (χ0v) is 17.6. The van der Waals surface area contributed by atoms with E-state index in [1.165, 1.54) is 5.56 Å². The molecule has 5 heteroatoms. The lowest BCUT2D eigenvalue weighted by molar-refractivity contribution is -0.117. The molecule has 0 aliphatic carbocycles. The largest absolute Gasteiger partial charge is 0.349 e. The van der Waals surface area contributed by atoms with Crippen LogP contribution in [0, 0.1) is 6.92 Å². The Labute approximate surface area is 173 Å². The second-order valence-electron chi connectivity index (χ2n) is 8.13. The van der Waals surface area contributed by atoms with Crippen LogP contribution in [0.15, 0.2) is 48.5 Å². The topological polar surface area (TPSA) is 61.4 Å². The minimum Gasteiger partial charge on any atom is -0.349 e. The highest BCUT2D eigenvalue weighted by atomic mass is 16.2. The van der Waals surface area contributed by atoms with E-state index in [1.807, 2.05) is 49.4 Å². The molecule has 1 heterocycles. The summed E-state index contributed by atoms with van der Waals surface area (Å²) in [5.74, 6) is 0.352. The Bertz CT molecular complexity index is 840. The van der Waals surface area contributed by atoms with E-state index in [1.54, 1.807) is 0 Å². The minimum atomic E-state index is -0.0254. The summed E-state index contributed by atoms with van der Waals surface area (Å²) in [4.78, 5) is 27.1. The lowest BCUT2D eigenvalue weighted by atomic mass is 9.98. The number of hydrogen-bond donors (Lipinski definition) is 2. The van der Waals surface area contributed by atoms with Crippen LogP contribution < -0.4 is 10.6 Å². The van der Waals surface area contributed by atoms with Gasteiger partial charge in [-0.15, -0.1) is 0 Å². The SMILES string of the molecule is Cc1cccc(C(C)C)c1NC(=O)CN1CCC(NC(=O)c2ccccc2)CC1. The van der Waals surface area contributed by atoms with Crippen molar-refractivity contribution in [3.8, 4) is 0 Å². The van der Waals surface area contributed by atoms with Crippen LogP contribution in [0.3, 0.4) is 0 Å². The van der Waals surface area contributed by atoms with Crippen LogP contribution in [0.2, 0.25) is 0 Å². The van der Waals surface area contributed by atoms with Gasteiger partial charge in [0.15, 0.2) is 0 Å². The molecular weight excluding hydrogens is 362 g/mol. The van der Waals surface area contributed by atoms with Gasteiger partial charge in [-0.2, -0.15) is 0 Å². The number of para-hydroxylation sites is 1. The molecule has 1 aliphatic rings. The van der Waals surface area contributed by atoms with E-state index in [-0.39, 0.29) is 17.9 Å². The van der Waals surface area contributed by atoms with Crippen molar-refractivity contribution in [2.24, 2.45) is 0 Å². The molecule has 3 rings (SSSR count). The van der Waals surface area contributed by atoms with Gasteiger partial charge in [-0.3, -0.25) is 14.5 Å². The van der Waals surface area contributed by atoms with Crippen molar-refractivity contribution in [3.63, 3.8) is 0 Å². The van der Waals surface area contributed by atoms with E-state index in [0.717, 1.165) is 37.2 Å². The molecule has 0 radical (unpaired) electrons. The molecule has 0 unspecified atom stereocenters. The molecule has 0 bridgehead atoms. The van der Waals surface area contributed by atoms with Gasteiger partial charge < -0.3 is 10.6 Å². The number of rotatable bonds is 6. The normalized spacial score (nSPS) is 15.3. The Balaban J connectivity index is 1.49. The van der Waals surface area contributed by atoms with Crippen molar-refractivity contribution in [1.82, 2.24) is 10.2 Å². The van der Waals surface area contributed by atoms with Crippen molar-refractivity contribution < 1.29 is 9.59 Å². The number of carbonyl (C=O) groups is 2. The van der Waals surface area contributed by atoms with Gasteiger partial charge in [0, 0.05) is 30.4 Å². The number of hydrogen-bond acceptors (Lipinski definition) is 3. The first-order chi connectivity index (χ1) is 13.9. The van der Waals surface area contributed by atoms with Crippen molar-refractivity contribution in [3.05, 3.63) is 65.2 Å². The molecule has 29 heavy (non-hydrogen) atoms. The first-order valence-corrected chi connectivity index (χ1v) is 10.4. The summed E-state index contributed by atoms with van der Waals surface area (Å²) in [6, 6.07) is 15.6. The third-order valence-corrected chi connectivity index (χ3v) is 5.52. The summed E-state index contributed by atoms with van der Waals surface area (Å²) < 4.78 is 0. The number of amides is 2. The van der Waals surface area contributed by atoms with Crippen LogP contribution in [0.25, 0.3) is 0 Å². The number of aryl methyl sites for hydroxylation is 1. The number of likely N-dealkylation sites (tertiary alicyclic amines) is 1. The molecule has 2 aromatic carbocycles. The number of nitrogens with one attached hydrogen (secondary N) is 2. The summed E-state index contributed by atoms with van der Waals surface area (Å²) in [6.45, 7) is 8.29. The van der Waals surface area contributed by atoms with Crippen LogP contribution >= 0.6 is 0 Å². The fourth-order valence-electron chi connectivity index (χ4n) is 3.82. The Morgan fingerprint density at radius 1 is 1.03 bits per heavy atom. The lowest BCUT2D eigenvalue weighted by Gasteiger charge is -2.32. The predicted molar refractivity (Wildman–Crippen MR) is 117 cm³/mol. The van der Waals surface area contributed by atoms with Crippen molar-refractivity contribution in [2.75, 3.05) is 25.0 Å². The summed E-state index contributed by atoms with van der Waals surface area (Å²) in [5, 5.41) is 6.23. The molecule has 0 spiro atoms. The maximum atomic E-state index is 12.6. The Hall–Kier alpha value is -2.66. The first-order valence-electron chi connectivity index (χ1n) is 10.4. The monoisotopic (exact) mass is 393 g/mol. The summed E-state index contributed by atoms with van der Waals surface area (Å²) in [7, 11) is 0. The number of piperidine rings is 1. The molecule has 0 saturated carbocycles. The van der Waals surface area contributed by atoms with Crippen LogP contribution in [-0.2, 0) is 4.79 Å². The second-order valence-corrected chi connectivity index (χ2v) is 8.13. The zero-order valence-electron chi connectivity index (χ0n) is 17.6. The molecule has 0 atom stereocenters. The van der Waals surface area contributed by atoms with Crippen molar-refractivity contribution in [2.45, 2.75) is 45.6 Å². The van der Waals surface area contributed by atoms with E-state index in [4.69, 9.17) is 0 Å². The van der Waals surface area contributed by atoms with Gasteiger partial charge >= 0.3 is 0 Å². The van der Waals surface area contributed by atoms with Crippen LogP contribution in [0.5, 0.6) is 0 Å². The highest BCUT2D eigenvalue weighted by molar-refractivity contribution is 5.94. The number of nitrogens with zero attached hydrogens (tertiary/aromatic N) is 1. The third kappa shape index (κ3) is 5.67. The van der Waals surface area contributed by atoms with Gasteiger partial charge in [0.1, 0.15) is 0 Å². The van der Waals surface area contributed by atoms with Crippen molar-refractivity contribution in [1.29, 1.82) is 0 Å². The van der Waals surface area contributed by atoms with E-state index in [2.05, 4.69) is 35.4 Å². The van der Waals surface area contributed by atoms with Crippen LogP contribution in [0.1, 0.15) is 54.1 Å². The van der Waals surface area contributed by atoms with E-state index >= 15 is 0 Å². The molecule has 0 aromatic heterocycles. The van der Waals surface area contributed by atoms with Crippen LogP contribution in [-0.4, -0.2) is 42.4 Å². The number of benzene rings is 2. The average Bonchev–Trinajstić information content (AvgIpc) is 2.71. The highest BCUT2D eigenvalue weighted by Crippen LogP contribution is 2.27. The molecule has 154 valence electrons. The second kappa shape index (κ2) is 9.70. The Kier molecular flexibility index (Phi) is 7.04. The lowest BCUT2D eigenvalue weighted by Crippen LogP contribution is -2.46. The molecule has 5 nitrogen and oxygen atoms in total. The maximum Gasteiger partial charge on any atom is 0.251 e. The van der Waals surface area contributed by atoms with E-state index in [0.29, 0.717) is 18.0 Å². The number of carbonyl (C=O) groups excluding carboxylic acids is 2. The Morgan fingerprint density at radius 2 is 1.72 bits per heavy atom. The molecule has 2 aromatic rings. The van der Waals surface area contributed by atoms with Gasteiger partial charge in [-0.25, -0.2) is 0 Å². The minimum absolute atomic E-state index is 0.0213. The maximum absolute atomic E-state index is 12.6. The highest BCUT2D eigenvalue weighted by Gasteiger charge is 2.23. The first kappa shape index (κ1) is 21.1. The zero-order chi connectivity index (χ0) is 20.8. The average molecular weight is 394 g/mol.